The number of benzene rings is 1. The van der Waals surface area contributed by atoms with Gasteiger partial charge in [-0.15, -0.1) is 11.8 Å². The van der Waals surface area contributed by atoms with Crippen LogP contribution in [-0.4, -0.2) is 37.9 Å². The van der Waals surface area contributed by atoms with Crippen LogP contribution in [0.5, 0.6) is 0 Å². The molecule has 0 saturated heterocycles. The molecule has 2 saturated carbocycles. The fourth-order valence-corrected chi connectivity index (χ4v) is 6.09. The van der Waals surface area contributed by atoms with Gasteiger partial charge in [-0.05, 0) is 74.4 Å². The Bertz CT molecular complexity index is 1360. The highest BCUT2D eigenvalue weighted by Crippen LogP contribution is 2.38. The van der Waals surface area contributed by atoms with E-state index < -0.39 is 0 Å². The molecule has 0 aliphatic heterocycles. The van der Waals surface area contributed by atoms with E-state index in [1.807, 2.05) is 16.8 Å². The minimum absolute atomic E-state index is 0.262. The van der Waals surface area contributed by atoms with Crippen LogP contribution in [0, 0.1) is 5.82 Å². The van der Waals surface area contributed by atoms with Gasteiger partial charge in [0.2, 0.25) is 5.95 Å². The molecule has 2 fully saturated rings. The van der Waals surface area contributed by atoms with Crippen molar-refractivity contribution in [3.8, 4) is 22.5 Å². The lowest BCUT2D eigenvalue weighted by Gasteiger charge is -2.15. The number of rotatable bonds is 7. The first kappa shape index (κ1) is 23.3. The first-order valence-corrected chi connectivity index (χ1v) is 14.1. The number of thioether (sulfide) groups is 1. The van der Waals surface area contributed by atoms with Crippen molar-refractivity contribution in [2.45, 2.75) is 68.5 Å². The molecule has 0 unspecified atom stereocenters. The summed E-state index contributed by atoms with van der Waals surface area (Å²) in [5, 5.41) is 13.4. The molecule has 8 heteroatoms. The molecule has 3 aromatic heterocycles. The number of aromatic nitrogens is 4. The summed E-state index contributed by atoms with van der Waals surface area (Å²) in [5.74, 6) is 0.385. The standard InChI is InChI=1S/C28H31FN6S/c1-36-25-17-22(31-20-6-2-3-7-20)16-24-26(27(34-35(24)25)18-10-12-19(29)13-11-18)23-14-15-30-28(33-23)32-21-8-4-5-9-21/h10-17,20-21,31H,2-9H2,1H3,(H,30,32,33). The quantitative estimate of drug-likeness (QED) is 0.265. The van der Waals surface area contributed by atoms with E-state index in [1.165, 1.54) is 50.7 Å². The Morgan fingerprint density at radius 1 is 0.917 bits per heavy atom. The maximum atomic E-state index is 13.8. The molecule has 4 aromatic rings. The van der Waals surface area contributed by atoms with Crippen molar-refractivity contribution in [2.24, 2.45) is 0 Å². The van der Waals surface area contributed by atoms with Crippen LogP contribution in [0.4, 0.5) is 16.0 Å². The molecule has 186 valence electrons. The van der Waals surface area contributed by atoms with E-state index in [1.54, 1.807) is 23.9 Å². The summed E-state index contributed by atoms with van der Waals surface area (Å²) >= 11 is 1.67. The molecule has 2 N–H and O–H groups in total. The SMILES string of the molecule is CSc1cc(NC2CCCC2)cc2c(-c3ccnc(NC4CCCC4)n3)c(-c3ccc(F)cc3)nn12. The average molecular weight is 503 g/mol. The fourth-order valence-electron chi connectivity index (χ4n) is 5.53. The van der Waals surface area contributed by atoms with E-state index in [0.29, 0.717) is 18.0 Å². The normalized spacial score (nSPS) is 16.7. The number of hydrogen-bond donors (Lipinski definition) is 2. The molecule has 0 atom stereocenters. The van der Waals surface area contributed by atoms with E-state index in [-0.39, 0.29) is 5.82 Å². The molecule has 36 heavy (non-hydrogen) atoms. The van der Waals surface area contributed by atoms with Crippen LogP contribution < -0.4 is 10.6 Å². The maximum absolute atomic E-state index is 13.8. The van der Waals surface area contributed by atoms with Gasteiger partial charge in [0.25, 0.3) is 0 Å². The minimum atomic E-state index is -0.262. The van der Waals surface area contributed by atoms with E-state index >= 15 is 0 Å². The number of nitrogens with zero attached hydrogens (tertiary/aromatic N) is 4. The number of fused-ring (bicyclic) bond motifs is 1. The van der Waals surface area contributed by atoms with Gasteiger partial charge in [-0.1, -0.05) is 25.7 Å². The van der Waals surface area contributed by atoms with Gasteiger partial charge in [0.15, 0.2) is 0 Å². The summed E-state index contributed by atoms with van der Waals surface area (Å²) in [7, 11) is 0. The van der Waals surface area contributed by atoms with Crippen LogP contribution in [0.25, 0.3) is 28.0 Å². The minimum Gasteiger partial charge on any atom is -0.382 e. The Labute approximate surface area is 215 Å². The van der Waals surface area contributed by atoms with Crippen molar-refractivity contribution in [1.82, 2.24) is 19.6 Å². The predicted molar refractivity (Wildman–Crippen MR) is 145 cm³/mol. The van der Waals surface area contributed by atoms with E-state index in [4.69, 9.17) is 10.1 Å². The molecular weight excluding hydrogens is 471 g/mol. The Morgan fingerprint density at radius 3 is 2.31 bits per heavy atom. The summed E-state index contributed by atoms with van der Waals surface area (Å²) in [6.45, 7) is 0. The second kappa shape index (κ2) is 10.1. The van der Waals surface area contributed by atoms with Crippen LogP contribution in [-0.2, 0) is 0 Å². The third kappa shape index (κ3) is 4.66. The Hall–Kier alpha value is -3.13. The van der Waals surface area contributed by atoms with Crippen LogP contribution in [0.1, 0.15) is 51.4 Å². The van der Waals surface area contributed by atoms with Crippen molar-refractivity contribution in [3.05, 3.63) is 54.5 Å². The first-order chi connectivity index (χ1) is 17.7. The number of pyridine rings is 1. The van der Waals surface area contributed by atoms with Gasteiger partial charge in [-0.3, -0.25) is 0 Å². The summed E-state index contributed by atoms with van der Waals surface area (Å²) < 4.78 is 15.8. The summed E-state index contributed by atoms with van der Waals surface area (Å²) in [6, 6.07) is 13.8. The highest BCUT2D eigenvalue weighted by molar-refractivity contribution is 7.98. The summed E-state index contributed by atoms with van der Waals surface area (Å²) in [5.41, 5.74) is 5.47. The fraction of sp³-hybridized carbons (Fsp3) is 0.393. The summed E-state index contributed by atoms with van der Waals surface area (Å²) in [6.07, 6.45) is 13.6. The topological polar surface area (TPSA) is 67.1 Å². The van der Waals surface area contributed by atoms with E-state index in [2.05, 4.69) is 34.0 Å². The average Bonchev–Trinajstić information content (AvgIpc) is 3.66. The van der Waals surface area contributed by atoms with Gasteiger partial charge in [-0.2, -0.15) is 5.10 Å². The molecule has 6 rings (SSSR count). The molecular formula is C28H31FN6S. The Kier molecular flexibility index (Phi) is 6.52. The van der Waals surface area contributed by atoms with Gasteiger partial charge in [0.1, 0.15) is 16.5 Å². The smallest absolute Gasteiger partial charge is 0.223 e. The third-order valence-electron chi connectivity index (χ3n) is 7.35. The van der Waals surface area contributed by atoms with Crippen LogP contribution in [0.15, 0.2) is 53.7 Å². The van der Waals surface area contributed by atoms with Crippen molar-refractivity contribution in [1.29, 1.82) is 0 Å². The largest absolute Gasteiger partial charge is 0.382 e. The van der Waals surface area contributed by atoms with Gasteiger partial charge >= 0.3 is 0 Å². The maximum Gasteiger partial charge on any atom is 0.223 e. The van der Waals surface area contributed by atoms with Crippen molar-refractivity contribution < 1.29 is 4.39 Å². The number of hydrogen-bond acceptors (Lipinski definition) is 6. The van der Waals surface area contributed by atoms with Crippen LogP contribution >= 0.6 is 11.8 Å². The van der Waals surface area contributed by atoms with Gasteiger partial charge in [-0.25, -0.2) is 18.9 Å². The lowest BCUT2D eigenvalue weighted by molar-refractivity contribution is 0.628. The number of anilines is 2. The first-order valence-electron chi connectivity index (χ1n) is 12.9. The zero-order valence-electron chi connectivity index (χ0n) is 20.5. The molecule has 0 amide bonds. The van der Waals surface area contributed by atoms with Crippen LogP contribution in [0.2, 0.25) is 0 Å². The van der Waals surface area contributed by atoms with Crippen molar-refractivity contribution in [3.63, 3.8) is 0 Å². The molecule has 0 radical (unpaired) electrons. The van der Waals surface area contributed by atoms with Gasteiger partial charge in [0, 0.05) is 29.5 Å². The monoisotopic (exact) mass is 502 g/mol. The summed E-state index contributed by atoms with van der Waals surface area (Å²) in [4.78, 5) is 9.46. The van der Waals surface area contributed by atoms with E-state index in [0.717, 1.165) is 51.6 Å². The van der Waals surface area contributed by atoms with Crippen molar-refractivity contribution >= 4 is 28.9 Å². The highest BCUT2D eigenvalue weighted by Gasteiger charge is 2.23. The molecule has 2 aliphatic rings. The van der Waals surface area contributed by atoms with Crippen molar-refractivity contribution in [2.75, 3.05) is 16.9 Å². The molecule has 3 heterocycles. The lowest BCUT2D eigenvalue weighted by Crippen LogP contribution is -2.16. The second-order valence-electron chi connectivity index (χ2n) is 9.83. The Morgan fingerprint density at radius 2 is 1.61 bits per heavy atom. The third-order valence-corrected chi connectivity index (χ3v) is 8.06. The highest BCUT2D eigenvalue weighted by atomic mass is 32.2. The van der Waals surface area contributed by atoms with Crippen LogP contribution in [0.3, 0.4) is 0 Å². The van der Waals surface area contributed by atoms with E-state index in [9.17, 15) is 4.39 Å². The molecule has 6 nitrogen and oxygen atoms in total. The molecule has 0 spiro atoms. The molecule has 1 aromatic carbocycles. The molecule has 2 aliphatic carbocycles. The second-order valence-corrected chi connectivity index (χ2v) is 10.7. The lowest BCUT2D eigenvalue weighted by atomic mass is 10.0. The zero-order chi connectivity index (χ0) is 24.5. The number of halogens is 1. The zero-order valence-corrected chi connectivity index (χ0v) is 21.3. The van der Waals surface area contributed by atoms with Gasteiger partial charge < -0.3 is 10.6 Å². The predicted octanol–water partition coefficient (Wildman–Crippen LogP) is 7.03. The number of nitrogens with one attached hydrogen (secondary N) is 2. The Balaban J connectivity index is 1.50. The molecule has 0 bridgehead atoms. The van der Waals surface area contributed by atoms with Gasteiger partial charge in [0.05, 0.1) is 16.8 Å².